The summed E-state index contributed by atoms with van der Waals surface area (Å²) in [6.45, 7) is -0.00550. The van der Waals surface area contributed by atoms with Gasteiger partial charge in [0.2, 0.25) is 11.7 Å². The van der Waals surface area contributed by atoms with Gasteiger partial charge in [-0.2, -0.15) is 10.2 Å². The van der Waals surface area contributed by atoms with E-state index < -0.39 is 5.56 Å². The minimum atomic E-state index is -0.462. The largest absolute Gasteiger partial charge is 0.493 e. The Hall–Kier alpha value is -3.32. The van der Waals surface area contributed by atoms with Crippen molar-refractivity contribution in [3.63, 3.8) is 0 Å². The van der Waals surface area contributed by atoms with E-state index in [1.807, 2.05) is 6.07 Å². The van der Waals surface area contributed by atoms with Crippen LogP contribution in [0.1, 0.15) is 11.5 Å². The molecule has 0 spiro atoms. The number of nitriles is 1. The Morgan fingerprint density at radius 1 is 1.33 bits per heavy atom. The molecular formula is C17H15N5O4S. The lowest BCUT2D eigenvalue weighted by molar-refractivity contribution is 0.354. The molecule has 2 heterocycles. The molecule has 0 radical (unpaired) electrons. The van der Waals surface area contributed by atoms with Gasteiger partial charge in [-0.3, -0.25) is 9.36 Å². The number of hydrogen-bond donors (Lipinski definition) is 0. The molecule has 0 aliphatic heterocycles. The number of thioether (sulfide) groups is 1. The molecule has 1 aromatic carbocycles. The standard InChI is InChI=1S/C17H15N5O4S/c1-24-12-6-4-5-10(14(12)25-2)15-20-13(26-21-15)8-22-9-19-16(27-3)11(7-18)17(22)23/h4-6,9H,8H2,1-3H3. The monoisotopic (exact) mass is 385 g/mol. The van der Waals surface area contributed by atoms with E-state index in [2.05, 4.69) is 15.1 Å². The summed E-state index contributed by atoms with van der Waals surface area (Å²) < 4.78 is 17.1. The molecular weight excluding hydrogens is 370 g/mol. The number of hydrogen-bond acceptors (Lipinski definition) is 9. The molecule has 27 heavy (non-hydrogen) atoms. The average molecular weight is 385 g/mol. The molecule has 0 saturated carbocycles. The highest BCUT2D eigenvalue weighted by Gasteiger charge is 2.18. The molecule has 0 N–H and O–H groups in total. The van der Waals surface area contributed by atoms with Gasteiger partial charge >= 0.3 is 0 Å². The molecule has 0 aliphatic carbocycles. The van der Waals surface area contributed by atoms with E-state index in [0.717, 1.165) is 0 Å². The fraction of sp³-hybridized carbons (Fsp3) is 0.235. The minimum Gasteiger partial charge on any atom is -0.493 e. The lowest BCUT2D eigenvalue weighted by atomic mass is 10.1. The van der Waals surface area contributed by atoms with Gasteiger partial charge in [0.05, 0.1) is 26.1 Å². The number of rotatable bonds is 6. The summed E-state index contributed by atoms with van der Waals surface area (Å²) in [4.78, 5) is 20.8. The Morgan fingerprint density at radius 3 is 2.81 bits per heavy atom. The first kappa shape index (κ1) is 18.5. The van der Waals surface area contributed by atoms with Gasteiger partial charge in [0.1, 0.15) is 23.2 Å². The Morgan fingerprint density at radius 2 is 2.15 bits per heavy atom. The van der Waals surface area contributed by atoms with Crippen LogP contribution in [0.25, 0.3) is 11.4 Å². The first-order chi connectivity index (χ1) is 13.1. The summed E-state index contributed by atoms with van der Waals surface area (Å²) in [5, 5.41) is 13.5. The normalized spacial score (nSPS) is 10.4. The summed E-state index contributed by atoms with van der Waals surface area (Å²) in [6, 6.07) is 7.19. The Labute approximate surface area is 158 Å². The SMILES string of the molecule is COc1cccc(-c2noc(Cn3cnc(SC)c(C#N)c3=O)n2)c1OC. The van der Waals surface area contributed by atoms with Crippen LogP contribution in [0.2, 0.25) is 0 Å². The molecule has 0 amide bonds. The number of ether oxygens (including phenoxy) is 2. The van der Waals surface area contributed by atoms with Crippen molar-refractivity contribution in [1.82, 2.24) is 19.7 Å². The van der Waals surface area contributed by atoms with E-state index in [1.54, 1.807) is 24.5 Å². The Kier molecular flexibility index (Phi) is 5.42. The van der Waals surface area contributed by atoms with Crippen LogP contribution in [0, 0.1) is 11.3 Å². The molecule has 10 heteroatoms. The van der Waals surface area contributed by atoms with Crippen molar-refractivity contribution < 1.29 is 14.0 Å². The molecule has 2 aromatic heterocycles. The Bertz CT molecular complexity index is 1070. The van der Waals surface area contributed by atoms with E-state index in [4.69, 9.17) is 14.0 Å². The van der Waals surface area contributed by atoms with E-state index in [0.29, 0.717) is 27.9 Å². The van der Waals surface area contributed by atoms with Gasteiger partial charge in [0, 0.05) is 0 Å². The van der Waals surface area contributed by atoms with Gasteiger partial charge in [-0.25, -0.2) is 4.98 Å². The van der Waals surface area contributed by atoms with Crippen LogP contribution in [0.3, 0.4) is 0 Å². The average Bonchev–Trinajstić information content (AvgIpc) is 3.16. The van der Waals surface area contributed by atoms with Crippen molar-refractivity contribution in [3.05, 3.63) is 46.3 Å². The quantitative estimate of drug-likeness (QED) is 0.463. The predicted molar refractivity (Wildman–Crippen MR) is 96.9 cm³/mol. The highest BCUT2D eigenvalue weighted by molar-refractivity contribution is 7.98. The van der Waals surface area contributed by atoms with Crippen molar-refractivity contribution in [2.45, 2.75) is 11.6 Å². The highest BCUT2D eigenvalue weighted by Crippen LogP contribution is 2.36. The third-order valence-corrected chi connectivity index (χ3v) is 4.42. The maximum absolute atomic E-state index is 12.4. The van der Waals surface area contributed by atoms with Gasteiger partial charge < -0.3 is 14.0 Å². The molecule has 0 unspecified atom stereocenters. The van der Waals surface area contributed by atoms with Gasteiger partial charge in [-0.15, -0.1) is 11.8 Å². The minimum absolute atomic E-state index is 0.00550. The zero-order chi connectivity index (χ0) is 19.4. The van der Waals surface area contributed by atoms with Gasteiger partial charge in [-0.1, -0.05) is 11.2 Å². The highest BCUT2D eigenvalue weighted by atomic mass is 32.2. The van der Waals surface area contributed by atoms with Crippen LogP contribution >= 0.6 is 11.8 Å². The van der Waals surface area contributed by atoms with E-state index in [1.165, 1.54) is 36.9 Å². The smallest absolute Gasteiger partial charge is 0.272 e. The number of para-hydroxylation sites is 1. The molecule has 0 saturated heterocycles. The zero-order valence-corrected chi connectivity index (χ0v) is 15.6. The van der Waals surface area contributed by atoms with Crippen LogP contribution < -0.4 is 15.0 Å². The second-order valence-electron chi connectivity index (χ2n) is 5.23. The first-order valence-corrected chi connectivity index (χ1v) is 8.92. The van der Waals surface area contributed by atoms with Gasteiger partial charge in [-0.05, 0) is 18.4 Å². The molecule has 3 rings (SSSR count). The van der Waals surface area contributed by atoms with Gasteiger partial charge in [0.25, 0.3) is 5.56 Å². The molecule has 0 bridgehead atoms. The van der Waals surface area contributed by atoms with E-state index >= 15 is 0 Å². The molecule has 0 atom stereocenters. The fourth-order valence-corrected chi connectivity index (χ4v) is 2.96. The molecule has 9 nitrogen and oxygen atoms in total. The van der Waals surface area contributed by atoms with Crippen molar-refractivity contribution >= 4 is 11.8 Å². The summed E-state index contributed by atoms with van der Waals surface area (Å²) in [5.41, 5.74) is 0.113. The van der Waals surface area contributed by atoms with Crippen molar-refractivity contribution in [3.8, 4) is 29.0 Å². The summed E-state index contributed by atoms with van der Waals surface area (Å²) >= 11 is 1.23. The lowest BCUT2D eigenvalue weighted by Gasteiger charge is -2.09. The predicted octanol–water partition coefficient (Wildman–Crippen LogP) is 1.95. The van der Waals surface area contributed by atoms with Crippen molar-refractivity contribution in [1.29, 1.82) is 5.26 Å². The fourth-order valence-electron chi connectivity index (χ4n) is 2.47. The van der Waals surface area contributed by atoms with Crippen molar-refractivity contribution in [2.24, 2.45) is 0 Å². The second-order valence-corrected chi connectivity index (χ2v) is 6.02. The van der Waals surface area contributed by atoms with Gasteiger partial charge in [0.15, 0.2) is 11.5 Å². The van der Waals surface area contributed by atoms with Crippen LogP contribution in [-0.4, -0.2) is 40.2 Å². The van der Waals surface area contributed by atoms with E-state index in [9.17, 15) is 10.1 Å². The molecule has 0 aliphatic rings. The number of methoxy groups -OCH3 is 2. The van der Waals surface area contributed by atoms with Crippen molar-refractivity contribution in [2.75, 3.05) is 20.5 Å². The molecule has 0 fully saturated rings. The Balaban J connectivity index is 1.95. The molecule has 138 valence electrons. The summed E-state index contributed by atoms with van der Waals surface area (Å²) in [5.74, 6) is 1.50. The number of benzene rings is 1. The number of nitrogens with zero attached hydrogens (tertiary/aromatic N) is 5. The summed E-state index contributed by atoms with van der Waals surface area (Å²) in [6.07, 6.45) is 3.10. The topological polar surface area (TPSA) is 116 Å². The van der Waals surface area contributed by atoms with Crippen LogP contribution in [0.5, 0.6) is 11.5 Å². The van der Waals surface area contributed by atoms with E-state index in [-0.39, 0.29) is 18.0 Å². The maximum atomic E-state index is 12.4. The lowest BCUT2D eigenvalue weighted by Crippen LogP contribution is -2.24. The van der Waals surface area contributed by atoms with Crippen LogP contribution in [0.15, 0.2) is 38.9 Å². The first-order valence-electron chi connectivity index (χ1n) is 7.70. The van der Waals surface area contributed by atoms with Crippen LogP contribution in [0.4, 0.5) is 0 Å². The third kappa shape index (κ3) is 3.50. The summed E-state index contributed by atoms with van der Waals surface area (Å²) in [7, 11) is 3.05. The zero-order valence-electron chi connectivity index (χ0n) is 14.8. The second kappa shape index (κ2) is 7.92. The third-order valence-electron chi connectivity index (χ3n) is 3.73. The maximum Gasteiger partial charge on any atom is 0.272 e. The number of aromatic nitrogens is 4. The van der Waals surface area contributed by atoms with Crippen LogP contribution in [-0.2, 0) is 6.54 Å². The molecule has 3 aromatic rings.